The molecule has 2 aromatic carbocycles. The fourth-order valence-corrected chi connectivity index (χ4v) is 1.54. The van der Waals surface area contributed by atoms with Gasteiger partial charge in [0.05, 0.1) is 11.6 Å². The number of nitriles is 1. The molecule has 0 bridgehead atoms. The van der Waals surface area contributed by atoms with E-state index < -0.39 is 0 Å². The first-order valence-corrected chi connectivity index (χ1v) is 5.17. The first-order chi connectivity index (χ1) is 7.90. The van der Waals surface area contributed by atoms with E-state index in [0.717, 1.165) is 16.8 Å². The number of nitrogens with zero attached hydrogens (tertiary/aromatic N) is 1. The van der Waals surface area contributed by atoms with Crippen LogP contribution in [0.25, 0.3) is 0 Å². The fourth-order valence-electron chi connectivity index (χ4n) is 1.54. The molecule has 0 saturated carbocycles. The minimum Gasteiger partial charge on any atom is -0.381 e. The smallest absolute Gasteiger partial charge is 0.0995 e. The van der Waals surface area contributed by atoms with Gasteiger partial charge >= 0.3 is 0 Å². The van der Waals surface area contributed by atoms with Crippen molar-refractivity contribution < 1.29 is 0 Å². The molecule has 16 heavy (non-hydrogen) atoms. The summed E-state index contributed by atoms with van der Waals surface area (Å²) in [5, 5.41) is 12.2. The van der Waals surface area contributed by atoms with Crippen LogP contribution < -0.4 is 5.32 Å². The van der Waals surface area contributed by atoms with E-state index in [1.807, 2.05) is 54.6 Å². The molecule has 2 heteroatoms. The number of para-hydroxylation sites is 1. The van der Waals surface area contributed by atoms with E-state index in [0.29, 0.717) is 6.54 Å². The third-order valence-corrected chi connectivity index (χ3v) is 2.39. The maximum Gasteiger partial charge on any atom is 0.0995 e. The van der Waals surface area contributed by atoms with Gasteiger partial charge in [0, 0.05) is 12.2 Å². The van der Waals surface area contributed by atoms with Gasteiger partial charge in [-0.15, -0.1) is 0 Å². The quantitative estimate of drug-likeness (QED) is 0.840. The first kappa shape index (κ1) is 10.3. The van der Waals surface area contributed by atoms with Crippen LogP contribution in [-0.4, -0.2) is 0 Å². The lowest BCUT2D eigenvalue weighted by atomic mass is 10.1. The first-order valence-electron chi connectivity index (χ1n) is 5.17. The summed E-state index contributed by atoms with van der Waals surface area (Å²) in [4.78, 5) is 0. The molecule has 0 atom stereocenters. The summed E-state index contributed by atoms with van der Waals surface area (Å²) in [6.45, 7) is 0.674. The van der Waals surface area contributed by atoms with Gasteiger partial charge < -0.3 is 5.32 Å². The molecule has 2 nitrogen and oxygen atoms in total. The van der Waals surface area contributed by atoms with Crippen LogP contribution in [0.4, 0.5) is 5.69 Å². The van der Waals surface area contributed by atoms with Crippen LogP contribution in [0.2, 0.25) is 0 Å². The number of rotatable bonds is 3. The number of anilines is 1. The average Bonchev–Trinajstić information content (AvgIpc) is 2.38. The van der Waals surface area contributed by atoms with E-state index in [1.165, 1.54) is 0 Å². The molecule has 0 aliphatic heterocycles. The second-order valence-electron chi connectivity index (χ2n) is 3.49. The van der Waals surface area contributed by atoms with Crippen LogP contribution in [-0.2, 0) is 6.54 Å². The highest BCUT2D eigenvalue weighted by atomic mass is 14.9. The zero-order chi connectivity index (χ0) is 11.2. The minimum absolute atomic E-state index is 0.674. The van der Waals surface area contributed by atoms with Gasteiger partial charge in [-0.25, -0.2) is 0 Å². The van der Waals surface area contributed by atoms with Crippen molar-refractivity contribution in [1.29, 1.82) is 5.26 Å². The predicted octanol–water partition coefficient (Wildman–Crippen LogP) is 3.17. The van der Waals surface area contributed by atoms with Gasteiger partial charge in [-0.05, 0) is 23.8 Å². The lowest BCUT2D eigenvalue weighted by Gasteiger charge is -2.07. The Morgan fingerprint density at radius 3 is 2.38 bits per heavy atom. The molecule has 0 radical (unpaired) electrons. The Bertz CT molecular complexity index is 498. The molecule has 0 heterocycles. The number of benzene rings is 2. The zero-order valence-corrected chi connectivity index (χ0v) is 8.85. The Morgan fingerprint density at radius 2 is 1.62 bits per heavy atom. The van der Waals surface area contributed by atoms with Gasteiger partial charge in [0.15, 0.2) is 0 Å². The molecule has 78 valence electrons. The Balaban J connectivity index is 2.09. The SMILES string of the molecule is N#Cc1ccccc1CNc1ccccc1. The van der Waals surface area contributed by atoms with Crippen molar-refractivity contribution in [2.45, 2.75) is 6.54 Å². The summed E-state index contributed by atoms with van der Waals surface area (Å²) >= 11 is 0. The third-order valence-electron chi connectivity index (χ3n) is 2.39. The van der Waals surface area contributed by atoms with Gasteiger partial charge in [-0.3, -0.25) is 0 Å². The van der Waals surface area contributed by atoms with E-state index in [2.05, 4.69) is 11.4 Å². The van der Waals surface area contributed by atoms with Crippen LogP contribution in [0.15, 0.2) is 54.6 Å². The molecule has 0 aromatic heterocycles. The Morgan fingerprint density at radius 1 is 0.938 bits per heavy atom. The molecule has 0 spiro atoms. The van der Waals surface area contributed by atoms with Crippen LogP contribution in [0.5, 0.6) is 0 Å². The molecule has 0 fully saturated rings. The van der Waals surface area contributed by atoms with Gasteiger partial charge in [0.25, 0.3) is 0 Å². The normalized spacial score (nSPS) is 9.44. The molecule has 0 aliphatic carbocycles. The highest BCUT2D eigenvalue weighted by Crippen LogP contribution is 2.11. The third kappa shape index (κ3) is 2.40. The lowest BCUT2D eigenvalue weighted by Crippen LogP contribution is -2.00. The van der Waals surface area contributed by atoms with E-state index in [1.54, 1.807) is 0 Å². The lowest BCUT2D eigenvalue weighted by molar-refractivity contribution is 1.14. The average molecular weight is 208 g/mol. The Hall–Kier alpha value is -2.27. The summed E-state index contributed by atoms with van der Waals surface area (Å²) in [5.74, 6) is 0. The molecule has 0 saturated heterocycles. The fraction of sp³-hybridized carbons (Fsp3) is 0.0714. The summed E-state index contributed by atoms with van der Waals surface area (Å²) in [5.41, 5.74) is 2.81. The molecule has 0 amide bonds. The maximum atomic E-state index is 8.94. The molecule has 1 N–H and O–H groups in total. The van der Waals surface area contributed by atoms with Crippen molar-refractivity contribution >= 4 is 5.69 Å². The van der Waals surface area contributed by atoms with Crippen molar-refractivity contribution in [3.8, 4) is 6.07 Å². The zero-order valence-electron chi connectivity index (χ0n) is 8.85. The van der Waals surface area contributed by atoms with E-state index in [-0.39, 0.29) is 0 Å². The number of hydrogen-bond donors (Lipinski definition) is 1. The highest BCUT2D eigenvalue weighted by molar-refractivity contribution is 5.45. The van der Waals surface area contributed by atoms with Crippen LogP contribution in [0.1, 0.15) is 11.1 Å². The van der Waals surface area contributed by atoms with Crippen molar-refractivity contribution in [1.82, 2.24) is 0 Å². The molecule has 0 unspecified atom stereocenters. The summed E-state index contributed by atoms with van der Waals surface area (Å²) < 4.78 is 0. The van der Waals surface area contributed by atoms with Crippen molar-refractivity contribution in [2.24, 2.45) is 0 Å². The van der Waals surface area contributed by atoms with Crippen molar-refractivity contribution in [2.75, 3.05) is 5.32 Å². The molecular formula is C14H12N2. The summed E-state index contributed by atoms with van der Waals surface area (Å²) in [7, 11) is 0. The standard InChI is InChI=1S/C14H12N2/c15-10-12-6-4-5-7-13(12)11-16-14-8-2-1-3-9-14/h1-9,16H,11H2. The van der Waals surface area contributed by atoms with Gasteiger partial charge in [-0.2, -0.15) is 5.26 Å². The summed E-state index contributed by atoms with van der Waals surface area (Å²) in [6, 6.07) is 19.8. The molecular weight excluding hydrogens is 196 g/mol. The van der Waals surface area contributed by atoms with E-state index in [4.69, 9.17) is 5.26 Å². The topological polar surface area (TPSA) is 35.8 Å². The monoisotopic (exact) mass is 208 g/mol. The second kappa shape index (κ2) is 4.99. The van der Waals surface area contributed by atoms with Gasteiger partial charge in [-0.1, -0.05) is 36.4 Å². The van der Waals surface area contributed by atoms with Crippen LogP contribution >= 0.6 is 0 Å². The van der Waals surface area contributed by atoms with Gasteiger partial charge in [0.2, 0.25) is 0 Å². The molecule has 2 rings (SSSR count). The Kier molecular flexibility index (Phi) is 3.20. The largest absolute Gasteiger partial charge is 0.381 e. The summed E-state index contributed by atoms with van der Waals surface area (Å²) in [6.07, 6.45) is 0. The number of hydrogen-bond acceptors (Lipinski definition) is 2. The Labute approximate surface area is 95.2 Å². The van der Waals surface area contributed by atoms with Crippen LogP contribution in [0, 0.1) is 11.3 Å². The van der Waals surface area contributed by atoms with Gasteiger partial charge in [0.1, 0.15) is 0 Å². The number of nitrogens with one attached hydrogen (secondary N) is 1. The second-order valence-corrected chi connectivity index (χ2v) is 3.49. The van der Waals surface area contributed by atoms with E-state index in [9.17, 15) is 0 Å². The molecule has 2 aromatic rings. The predicted molar refractivity (Wildman–Crippen MR) is 64.9 cm³/mol. The van der Waals surface area contributed by atoms with Crippen LogP contribution in [0.3, 0.4) is 0 Å². The van der Waals surface area contributed by atoms with Crippen molar-refractivity contribution in [3.63, 3.8) is 0 Å². The van der Waals surface area contributed by atoms with Crippen molar-refractivity contribution in [3.05, 3.63) is 65.7 Å². The van der Waals surface area contributed by atoms with E-state index >= 15 is 0 Å². The molecule has 0 aliphatic rings. The maximum absolute atomic E-state index is 8.94. The highest BCUT2D eigenvalue weighted by Gasteiger charge is 1.99. The minimum atomic E-state index is 0.674.